The molecule has 2 saturated heterocycles. The minimum absolute atomic E-state index is 0.0555. The minimum atomic E-state index is -3.51. The summed E-state index contributed by atoms with van der Waals surface area (Å²) in [7, 11) is -1.52. The molecule has 162 valence electrons. The molecule has 2 aliphatic heterocycles. The van der Waals surface area contributed by atoms with Gasteiger partial charge in [-0.2, -0.15) is 4.31 Å². The lowest BCUT2D eigenvalue weighted by Gasteiger charge is -2.34. The van der Waals surface area contributed by atoms with Crippen molar-refractivity contribution in [2.45, 2.75) is 25.8 Å². The number of para-hydroxylation sites is 2. The average Bonchev–Trinajstić information content (AvgIpc) is 3.04. The number of hydrogen-bond acceptors (Lipinski definition) is 6. The zero-order valence-corrected chi connectivity index (χ0v) is 18.0. The van der Waals surface area contributed by atoms with Crippen LogP contribution in [0.3, 0.4) is 0 Å². The lowest BCUT2D eigenvalue weighted by atomic mass is 10.1. The summed E-state index contributed by atoms with van der Waals surface area (Å²) in [5, 5.41) is 0. The number of aryl methyl sites for hydroxylation is 1. The molecule has 0 spiro atoms. The number of likely N-dealkylation sites (tertiary alicyclic amines) is 1. The molecule has 2 aromatic rings. The predicted molar refractivity (Wildman–Crippen MR) is 112 cm³/mol. The van der Waals surface area contributed by atoms with Crippen molar-refractivity contribution in [1.82, 2.24) is 23.7 Å². The number of piperidine rings is 1. The van der Waals surface area contributed by atoms with Crippen molar-refractivity contribution >= 4 is 32.9 Å². The lowest BCUT2D eigenvalue weighted by Crippen LogP contribution is -2.50. The van der Waals surface area contributed by atoms with E-state index in [0.717, 1.165) is 21.8 Å². The molecule has 2 amide bonds. The number of imidazole rings is 1. The van der Waals surface area contributed by atoms with Gasteiger partial charge in [0, 0.05) is 52.6 Å². The zero-order valence-electron chi connectivity index (χ0n) is 17.2. The molecule has 2 aliphatic rings. The Morgan fingerprint density at radius 1 is 1.00 bits per heavy atom. The maximum absolute atomic E-state index is 12.7. The van der Waals surface area contributed by atoms with Gasteiger partial charge in [0.05, 0.1) is 23.3 Å². The van der Waals surface area contributed by atoms with E-state index in [-0.39, 0.29) is 24.1 Å². The number of benzene rings is 1. The Balaban J connectivity index is 1.32. The van der Waals surface area contributed by atoms with Crippen LogP contribution in [0.1, 0.15) is 25.1 Å². The van der Waals surface area contributed by atoms with Crippen molar-refractivity contribution < 1.29 is 18.0 Å². The summed E-state index contributed by atoms with van der Waals surface area (Å²) in [6, 6.07) is 7.98. The topological polar surface area (TPSA) is 95.8 Å². The van der Waals surface area contributed by atoms with E-state index < -0.39 is 10.0 Å². The van der Waals surface area contributed by atoms with Gasteiger partial charge in [0.2, 0.25) is 21.8 Å². The Morgan fingerprint density at radius 2 is 1.67 bits per heavy atom. The highest BCUT2D eigenvalue weighted by molar-refractivity contribution is 7.89. The van der Waals surface area contributed by atoms with Crippen molar-refractivity contribution in [3.05, 3.63) is 30.1 Å². The van der Waals surface area contributed by atoms with Gasteiger partial charge in [0.25, 0.3) is 0 Å². The van der Waals surface area contributed by atoms with Gasteiger partial charge in [-0.15, -0.1) is 0 Å². The number of nitrogens with zero attached hydrogens (tertiary/aromatic N) is 5. The van der Waals surface area contributed by atoms with Crippen molar-refractivity contribution in [3.8, 4) is 0 Å². The van der Waals surface area contributed by atoms with Gasteiger partial charge in [0.1, 0.15) is 5.82 Å². The molecule has 10 heteroatoms. The zero-order chi connectivity index (χ0) is 21.3. The van der Waals surface area contributed by atoms with Crippen LogP contribution in [0.5, 0.6) is 0 Å². The second-order valence-electron chi connectivity index (χ2n) is 7.86. The second kappa shape index (κ2) is 8.44. The van der Waals surface area contributed by atoms with Crippen molar-refractivity contribution in [3.63, 3.8) is 0 Å². The molecular weight excluding hydrogens is 406 g/mol. The van der Waals surface area contributed by atoms with E-state index >= 15 is 0 Å². The quantitative estimate of drug-likeness (QED) is 0.618. The number of carbonyl (C=O) groups is 2. The Kier molecular flexibility index (Phi) is 5.90. The number of sulfonamides is 1. The van der Waals surface area contributed by atoms with E-state index in [1.165, 1.54) is 4.31 Å². The molecular formula is C20H27N5O4S. The van der Waals surface area contributed by atoms with Gasteiger partial charge in [-0.3, -0.25) is 19.4 Å². The minimum Gasteiger partial charge on any atom is -0.330 e. The molecule has 2 fully saturated rings. The summed E-state index contributed by atoms with van der Waals surface area (Å²) in [6.07, 6.45) is 1.17. The summed E-state index contributed by atoms with van der Waals surface area (Å²) in [5.74, 6) is 0.201. The van der Waals surface area contributed by atoms with E-state index in [2.05, 4.69) is 14.5 Å². The number of imide groups is 1. The summed E-state index contributed by atoms with van der Waals surface area (Å²) in [4.78, 5) is 31.8. The first kappa shape index (κ1) is 21.0. The third-order valence-electron chi connectivity index (χ3n) is 5.93. The molecule has 4 rings (SSSR count). The maximum Gasteiger partial charge on any atom is 0.229 e. The number of hydrogen-bond donors (Lipinski definition) is 0. The molecule has 1 aromatic carbocycles. The first-order chi connectivity index (χ1) is 14.3. The molecule has 0 saturated carbocycles. The van der Waals surface area contributed by atoms with Crippen molar-refractivity contribution in [2.24, 2.45) is 7.05 Å². The van der Waals surface area contributed by atoms with Gasteiger partial charge in [-0.25, -0.2) is 13.4 Å². The van der Waals surface area contributed by atoms with Gasteiger partial charge in [-0.05, 0) is 18.6 Å². The highest BCUT2D eigenvalue weighted by Crippen LogP contribution is 2.18. The second-order valence-corrected chi connectivity index (χ2v) is 9.95. The number of fused-ring (bicyclic) bond motifs is 1. The Labute approximate surface area is 176 Å². The molecule has 0 bridgehead atoms. The summed E-state index contributed by atoms with van der Waals surface area (Å²) < 4.78 is 29.0. The Hall–Kier alpha value is -2.30. The monoisotopic (exact) mass is 433 g/mol. The Bertz CT molecular complexity index is 1040. The fourth-order valence-corrected chi connectivity index (χ4v) is 5.48. The summed E-state index contributed by atoms with van der Waals surface area (Å²) in [6.45, 7) is 2.63. The highest BCUT2D eigenvalue weighted by atomic mass is 32.2. The molecule has 1 aromatic heterocycles. The standard InChI is InChI=1S/C20H27N5O4S/c1-22-17-6-3-2-5-16(17)21-18(22)15-23-9-11-24(12-10-23)30(28,29)14-13-25-19(26)7-4-8-20(25)27/h2-3,5-6H,4,7-15H2,1H3. The van der Waals surface area contributed by atoms with Crippen LogP contribution in [0.25, 0.3) is 11.0 Å². The van der Waals surface area contributed by atoms with Crippen LogP contribution in [0.2, 0.25) is 0 Å². The van der Waals surface area contributed by atoms with Crippen LogP contribution in [-0.4, -0.2) is 82.4 Å². The third-order valence-corrected chi connectivity index (χ3v) is 7.78. The van der Waals surface area contributed by atoms with Crippen molar-refractivity contribution in [2.75, 3.05) is 38.5 Å². The Morgan fingerprint density at radius 3 is 2.33 bits per heavy atom. The van der Waals surface area contributed by atoms with E-state index in [1.54, 1.807) is 0 Å². The predicted octanol–water partition coefficient (Wildman–Crippen LogP) is 0.560. The van der Waals surface area contributed by atoms with Crippen LogP contribution < -0.4 is 0 Å². The maximum atomic E-state index is 12.7. The number of carbonyl (C=O) groups excluding carboxylic acids is 2. The molecule has 0 aliphatic carbocycles. The highest BCUT2D eigenvalue weighted by Gasteiger charge is 2.31. The van der Waals surface area contributed by atoms with Crippen LogP contribution in [-0.2, 0) is 33.2 Å². The van der Waals surface area contributed by atoms with Gasteiger partial charge in [-0.1, -0.05) is 12.1 Å². The van der Waals surface area contributed by atoms with Crippen LogP contribution in [0.4, 0.5) is 0 Å². The van der Waals surface area contributed by atoms with Crippen LogP contribution in [0.15, 0.2) is 24.3 Å². The largest absolute Gasteiger partial charge is 0.330 e. The average molecular weight is 434 g/mol. The van der Waals surface area contributed by atoms with E-state index in [4.69, 9.17) is 0 Å². The third kappa shape index (κ3) is 4.26. The smallest absolute Gasteiger partial charge is 0.229 e. The molecule has 0 radical (unpaired) electrons. The first-order valence-electron chi connectivity index (χ1n) is 10.3. The summed E-state index contributed by atoms with van der Waals surface area (Å²) in [5.41, 5.74) is 2.04. The van der Waals surface area contributed by atoms with Gasteiger partial charge < -0.3 is 4.57 Å². The lowest BCUT2D eigenvalue weighted by molar-refractivity contribution is -0.147. The van der Waals surface area contributed by atoms with Crippen LogP contribution >= 0.6 is 0 Å². The fraction of sp³-hybridized carbons (Fsp3) is 0.550. The first-order valence-corrected chi connectivity index (χ1v) is 11.9. The fourth-order valence-electron chi connectivity index (χ4n) is 4.09. The van der Waals surface area contributed by atoms with E-state index in [1.807, 2.05) is 31.3 Å². The van der Waals surface area contributed by atoms with Gasteiger partial charge >= 0.3 is 0 Å². The molecule has 0 atom stereocenters. The normalized spacial score (nSPS) is 19.7. The molecule has 30 heavy (non-hydrogen) atoms. The molecule has 3 heterocycles. The number of aromatic nitrogens is 2. The molecule has 9 nitrogen and oxygen atoms in total. The number of rotatable bonds is 6. The summed E-state index contributed by atoms with van der Waals surface area (Å²) >= 11 is 0. The molecule has 0 unspecified atom stereocenters. The van der Waals surface area contributed by atoms with E-state index in [9.17, 15) is 18.0 Å². The van der Waals surface area contributed by atoms with Crippen molar-refractivity contribution in [1.29, 1.82) is 0 Å². The number of piperazine rings is 1. The number of amides is 2. The molecule has 0 N–H and O–H groups in total. The van der Waals surface area contributed by atoms with Crippen LogP contribution in [0, 0.1) is 0 Å². The SMILES string of the molecule is Cn1c(CN2CCN(S(=O)(=O)CCN3C(=O)CCCC3=O)CC2)nc2ccccc21. The van der Waals surface area contributed by atoms with E-state index in [0.29, 0.717) is 52.0 Å². The van der Waals surface area contributed by atoms with Gasteiger partial charge in [0.15, 0.2) is 0 Å².